The molecule has 1 aliphatic rings. The first-order chi connectivity index (χ1) is 11.0. The molecule has 0 aromatic heterocycles. The van der Waals surface area contributed by atoms with Crippen LogP contribution in [0, 0.1) is 5.92 Å². The molecule has 0 radical (unpaired) electrons. The van der Waals surface area contributed by atoms with Crippen LogP contribution in [0.4, 0.5) is 0 Å². The van der Waals surface area contributed by atoms with Crippen LogP contribution in [-0.2, 0) is 4.79 Å². The van der Waals surface area contributed by atoms with Crippen molar-refractivity contribution in [3.8, 4) is 5.75 Å². The van der Waals surface area contributed by atoms with E-state index < -0.39 is 6.04 Å². The molecular weight excluding hydrogens is 294 g/mol. The molecule has 1 unspecified atom stereocenters. The summed E-state index contributed by atoms with van der Waals surface area (Å²) < 4.78 is 5.09. The number of carbonyl (C=O) groups is 2. The minimum atomic E-state index is -0.511. The Morgan fingerprint density at radius 3 is 2.30 bits per heavy atom. The van der Waals surface area contributed by atoms with E-state index in [2.05, 4.69) is 10.6 Å². The van der Waals surface area contributed by atoms with Crippen LogP contribution >= 0.6 is 0 Å². The number of hydrogen-bond acceptors (Lipinski definition) is 4. The van der Waals surface area contributed by atoms with Gasteiger partial charge in [-0.1, -0.05) is 13.8 Å². The van der Waals surface area contributed by atoms with Crippen molar-refractivity contribution in [2.24, 2.45) is 5.92 Å². The maximum absolute atomic E-state index is 12.7. The Labute approximate surface area is 137 Å². The van der Waals surface area contributed by atoms with E-state index in [9.17, 15) is 9.59 Å². The standard InChI is InChI=1S/C17H25N3O3/c1-12(2)15(17(22)20-10-8-18-9-11-20)19-16(21)13-4-6-14(23-3)7-5-13/h4-7,12,15,18H,8-11H2,1-3H3,(H,19,21). The van der Waals surface area contributed by atoms with Crippen molar-refractivity contribution >= 4 is 11.8 Å². The number of amides is 2. The number of ether oxygens (including phenoxy) is 1. The summed E-state index contributed by atoms with van der Waals surface area (Å²) in [5.74, 6) is 0.469. The van der Waals surface area contributed by atoms with Gasteiger partial charge in [0.1, 0.15) is 11.8 Å². The number of nitrogens with zero attached hydrogens (tertiary/aromatic N) is 1. The molecule has 1 aliphatic heterocycles. The van der Waals surface area contributed by atoms with Gasteiger partial charge in [0.15, 0.2) is 0 Å². The van der Waals surface area contributed by atoms with E-state index in [1.54, 1.807) is 31.4 Å². The Bertz CT molecular complexity index is 537. The summed E-state index contributed by atoms with van der Waals surface area (Å²) in [5, 5.41) is 6.10. The Morgan fingerprint density at radius 2 is 1.78 bits per heavy atom. The molecule has 6 heteroatoms. The minimum Gasteiger partial charge on any atom is -0.497 e. The van der Waals surface area contributed by atoms with Crippen molar-refractivity contribution in [1.29, 1.82) is 0 Å². The third-order valence-corrected chi connectivity index (χ3v) is 4.00. The molecule has 0 saturated carbocycles. The predicted octanol–water partition coefficient (Wildman–Crippen LogP) is 0.881. The van der Waals surface area contributed by atoms with Crippen LogP contribution in [0.15, 0.2) is 24.3 Å². The summed E-state index contributed by atoms with van der Waals surface area (Å²) in [5.41, 5.74) is 0.518. The molecule has 0 spiro atoms. The highest BCUT2D eigenvalue weighted by Crippen LogP contribution is 2.13. The van der Waals surface area contributed by atoms with Gasteiger partial charge in [-0.3, -0.25) is 9.59 Å². The van der Waals surface area contributed by atoms with Gasteiger partial charge in [0.05, 0.1) is 7.11 Å². The minimum absolute atomic E-state index is 0.0108. The van der Waals surface area contributed by atoms with Gasteiger partial charge in [-0.05, 0) is 30.2 Å². The van der Waals surface area contributed by atoms with Crippen molar-refractivity contribution in [3.05, 3.63) is 29.8 Å². The molecule has 2 N–H and O–H groups in total. The first kappa shape index (κ1) is 17.3. The predicted molar refractivity (Wildman–Crippen MR) is 88.5 cm³/mol. The number of nitrogens with one attached hydrogen (secondary N) is 2. The molecule has 1 atom stereocenters. The van der Waals surface area contributed by atoms with Gasteiger partial charge in [0.2, 0.25) is 5.91 Å². The van der Waals surface area contributed by atoms with E-state index in [1.165, 1.54) is 0 Å². The average molecular weight is 319 g/mol. The fourth-order valence-electron chi connectivity index (χ4n) is 2.56. The lowest BCUT2D eigenvalue weighted by Crippen LogP contribution is -2.55. The first-order valence-electron chi connectivity index (χ1n) is 7.97. The molecule has 1 saturated heterocycles. The largest absolute Gasteiger partial charge is 0.497 e. The van der Waals surface area contributed by atoms with E-state index >= 15 is 0 Å². The number of hydrogen-bond donors (Lipinski definition) is 2. The van der Waals surface area contributed by atoms with Gasteiger partial charge in [0, 0.05) is 31.7 Å². The SMILES string of the molecule is COc1ccc(C(=O)NC(C(=O)N2CCNCC2)C(C)C)cc1. The lowest BCUT2D eigenvalue weighted by Gasteiger charge is -2.32. The summed E-state index contributed by atoms with van der Waals surface area (Å²) >= 11 is 0. The number of methoxy groups -OCH3 is 1. The van der Waals surface area contributed by atoms with Gasteiger partial charge in [-0.25, -0.2) is 0 Å². The van der Waals surface area contributed by atoms with E-state index in [-0.39, 0.29) is 17.7 Å². The molecule has 23 heavy (non-hydrogen) atoms. The smallest absolute Gasteiger partial charge is 0.251 e. The third kappa shape index (κ3) is 4.45. The van der Waals surface area contributed by atoms with Gasteiger partial charge in [-0.2, -0.15) is 0 Å². The number of rotatable bonds is 5. The Balaban J connectivity index is 2.05. The molecular formula is C17H25N3O3. The van der Waals surface area contributed by atoms with Crippen molar-refractivity contribution < 1.29 is 14.3 Å². The van der Waals surface area contributed by atoms with Crippen molar-refractivity contribution in [2.75, 3.05) is 33.3 Å². The summed E-state index contributed by atoms with van der Waals surface area (Å²) in [7, 11) is 1.58. The first-order valence-corrected chi connectivity index (χ1v) is 7.97. The number of benzene rings is 1. The molecule has 126 valence electrons. The molecule has 1 fully saturated rings. The second-order valence-corrected chi connectivity index (χ2v) is 6.00. The molecule has 2 rings (SSSR count). The summed E-state index contributed by atoms with van der Waals surface area (Å²) in [6, 6.07) is 6.35. The van der Waals surface area contributed by atoms with Crippen LogP contribution in [0.5, 0.6) is 5.75 Å². The quantitative estimate of drug-likeness (QED) is 0.845. The third-order valence-electron chi connectivity index (χ3n) is 4.00. The van der Waals surface area contributed by atoms with Gasteiger partial charge in [-0.15, -0.1) is 0 Å². The Morgan fingerprint density at radius 1 is 1.17 bits per heavy atom. The van der Waals surface area contributed by atoms with Crippen LogP contribution < -0.4 is 15.4 Å². The topological polar surface area (TPSA) is 70.7 Å². The van der Waals surface area contributed by atoms with E-state index in [0.717, 1.165) is 13.1 Å². The fraction of sp³-hybridized carbons (Fsp3) is 0.529. The van der Waals surface area contributed by atoms with E-state index in [0.29, 0.717) is 24.4 Å². The number of piperazine rings is 1. The second kappa shape index (κ2) is 7.97. The highest BCUT2D eigenvalue weighted by atomic mass is 16.5. The Kier molecular flexibility index (Phi) is 5.98. The molecule has 6 nitrogen and oxygen atoms in total. The summed E-state index contributed by atoms with van der Waals surface area (Å²) in [6.07, 6.45) is 0. The monoisotopic (exact) mass is 319 g/mol. The average Bonchev–Trinajstić information content (AvgIpc) is 2.59. The maximum Gasteiger partial charge on any atom is 0.251 e. The fourth-order valence-corrected chi connectivity index (χ4v) is 2.56. The Hall–Kier alpha value is -2.08. The highest BCUT2D eigenvalue weighted by Gasteiger charge is 2.29. The zero-order valence-corrected chi connectivity index (χ0v) is 14.0. The van der Waals surface area contributed by atoms with Crippen LogP contribution in [0.3, 0.4) is 0 Å². The zero-order chi connectivity index (χ0) is 16.8. The van der Waals surface area contributed by atoms with Crippen LogP contribution in [0.2, 0.25) is 0 Å². The summed E-state index contributed by atoms with van der Waals surface area (Å²) in [4.78, 5) is 26.9. The molecule has 0 bridgehead atoms. The molecule has 1 aromatic rings. The molecule has 1 heterocycles. The van der Waals surface area contributed by atoms with Gasteiger partial charge in [0.25, 0.3) is 5.91 Å². The second-order valence-electron chi connectivity index (χ2n) is 6.00. The van der Waals surface area contributed by atoms with E-state index in [1.807, 2.05) is 18.7 Å². The zero-order valence-electron chi connectivity index (χ0n) is 14.0. The lowest BCUT2D eigenvalue weighted by molar-refractivity contribution is -0.134. The van der Waals surface area contributed by atoms with Crippen molar-refractivity contribution in [2.45, 2.75) is 19.9 Å². The summed E-state index contributed by atoms with van der Waals surface area (Å²) in [6.45, 7) is 6.84. The van der Waals surface area contributed by atoms with Gasteiger partial charge < -0.3 is 20.3 Å². The van der Waals surface area contributed by atoms with E-state index in [4.69, 9.17) is 4.74 Å². The molecule has 0 aliphatic carbocycles. The van der Waals surface area contributed by atoms with Crippen LogP contribution in [0.1, 0.15) is 24.2 Å². The molecule has 2 amide bonds. The number of carbonyl (C=O) groups excluding carboxylic acids is 2. The highest BCUT2D eigenvalue weighted by molar-refractivity contribution is 5.97. The maximum atomic E-state index is 12.7. The normalized spacial score (nSPS) is 16.1. The molecule has 1 aromatic carbocycles. The van der Waals surface area contributed by atoms with Gasteiger partial charge >= 0.3 is 0 Å². The van der Waals surface area contributed by atoms with Crippen molar-refractivity contribution in [3.63, 3.8) is 0 Å². The van der Waals surface area contributed by atoms with Crippen molar-refractivity contribution in [1.82, 2.24) is 15.5 Å². The van der Waals surface area contributed by atoms with Crippen LogP contribution in [-0.4, -0.2) is 56.0 Å². The van der Waals surface area contributed by atoms with Crippen LogP contribution in [0.25, 0.3) is 0 Å². The lowest BCUT2D eigenvalue weighted by atomic mass is 10.0.